The van der Waals surface area contributed by atoms with Gasteiger partial charge in [-0.1, -0.05) is 24.3 Å². The zero-order valence-corrected chi connectivity index (χ0v) is 22.1. The van der Waals surface area contributed by atoms with Crippen molar-refractivity contribution >= 4 is 39.2 Å². The van der Waals surface area contributed by atoms with Gasteiger partial charge in [0.05, 0.1) is 28.4 Å². The Hall–Kier alpha value is -4.50. The van der Waals surface area contributed by atoms with Crippen molar-refractivity contribution in [2.45, 2.75) is 32.4 Å². The minimum Gasteiger partial charge on any atom is -0.368 e. The molecule has 1 atom stereocenters. The van der Waals surface area contributed by atoms with E-state index in [1.165, 1.54) is 25.8 Å². The van der Waals surface area contributed by atoms with Gasteiger partial charge in [0, 0.05) is 36.7 Å². The van der Waals surface area contributed by atoms with Crippen LogP contribution in [0.2, 0.25) is 0 Å². The maximum absolute atomic E-state index is 15.6. The highest BCUT2D eigenvalue weighted by Gasteiger charge is 2.34. The molecule has 0 spiro atoms. The number of hydrogen-bond donors (Lipinski definition) is 4. The number of pyridine rings is 1. The number of amides is 1. The first kappa shape index (κ1) is 24.5. The van der Waals surface area contributed by atoms with Crippen LogP contribution in [0.5, 0.6) is 0 Å². The number of para-hydroxylation sites is 2. The molecule has 0 aliphatic carbocycles. The van der Waals surface area contributed by atoms with E-state index < -0.39 is 5.82 Å². The van der Waals surface area contributed by atoms with Gasteiger partial charge in [-0.25, -0.2) is 9.37 Å². The smallest absolute Gasteiger partial charge is 0.261 e. The summed E-state index contributed by atoms with van der Waals surface area (Å²) in [6, 6.07) is 17.9. The van der Waals surface area contributed by atoms with Gasteiger partial charge in [-0.2, -0.15) is 0 Å². The van der Waals surface area contributed by atoms with Crippen LogP contribution < -0.4 is 16.2 Å². The topological polar surface area (TPSA) is 106 Å². The van der Waals surface area contributed by atoms with Crippen LogP contribution in [0.1, 0.15) is 26.2 Å². The molecule has 4 N–H and O–H groups in total. The van der Waals surface area contributed by atoms with Gasteiger partial charge in [0.15, 0.2) is 0 Å². The first-order valence-electron chi connectivity index (χ1n) is 13.7. The number of carbonyl (C=O) groups is 1. The molecule has 3 aliphatic heterocycles. The van der Waals surface area contributed by atoms with Gasteiger partial charge < -0.3 is 20.6 Å². The molecule has 0 saturated carbocycles. The standard InChI is InChI=1S/C31H29FN6O2/c1-17(39)33-20-6-4-5-19(14-20)21-15-22-26(16-23(21)32)36-31(40)28(30-34-24-7-2-3-8-25(24)35-30)29(22)37-27-13-18-9-11-38(27)12-10-18/h2-8,14-16,18,27H,9-13H2,1H3,(H,33,39)(H,34,35)(H2,36,37,40). The van der Waals surface area contributed by atoms with Gasteiger partial charge in [0.25, 0.3) is 5.56 Å². The van der Waals surface area contributed by atoms with Crippen LogP contribution in [0, 0.1) is 11.7 Å². The lowest BCUT2D eigenvalue weighted by Gasteiger charge is -2.46. The lowest BCUT2D eigenvalue weighted by molar-refractivity contribution is -0.114. The minimum absolute atomic E-state index is 0.0669. The molecule has 3 aliphatic rings. The molecule has 8 rings (SSSR count). The number of imidazole rings is 1. The number of anilines is 2. The number of carbonyl (C=O) groups excluding carboxylic acids is 1. The Kier molecular flexibility index (Phi) is 5.89. The van der Waals surface area contributed by atoms with Crippen LogP contribution in [0.4, 0.5) is 15.8 Å². The Labute approximate surface area is 229 Å². The molecule has 8 nitrogen and oxygen atoms in total. The predicted octanol–water partition coefficient (Wildman–Crippen LogP) is 5.69. The molecular weight excluding hydrogens is 507 g/mol. The van der Waals surface area contributed by atoms with Crippen molar-refractivity contribution in [1.82, 2.24) is 19.9 Å². The summed E-state index contributed by atoms with van der Waals surface area (Å²) in [5.41, 5.74) is 4.26. The number of hydrogen-bond acceptors (Lipinski definition) is 5. The fraction of sp³-hybridized carbons (Fsp3) is 0.258. The Morgan fingerprint density at radius 3 is 2.60 bits per heavy atom. The Morgan fingerprint density at radius 1 is 1.02 bits per heavy atom. The quantitative estimate of drug-likeness (QED) is 0.231. The summed E-state index contributed by atoms with van der Waals surface area (Å²) in [6.45, 7) is 3.46. The first-order chi connectivity index (χ1) is 19.4. The third kappa shape index (κ3) is 4.32. The molecule has 2 aromatic heterocycles. The van der Waals surface area contributed by atoms with Crippen molar-refractivity contribution in [2.24, 2.45) is 5.92 Å². The van der Waals surface area contributed by atoms with Crippen molar-refractivity contribution < 1.29 is 9.18 Å². The summed E-state index contributed by atoms with van der Waals surface area (Å²) >= 11 is 0. The highest BCUT2D eigenvalue weighted by Crippen LogP contribution is 2.39. The highest BCUT2D eigenvalue weighted by atomic mass is 19.1. The highest BCUT2D eigenvalue weighted by molar-refractivity contribution is 6.01. The molecule has 0 radical (unpaired) electrons. The maximum Gasteiger partial charge on any atom is 0.261 e. The van der Waals surface area contributed by atoms with E-state index in [-0.39, 0.29) is 17.6 Å². The van der Waals surface area contributed by atoms with Crippen LogP contribution in [-0.4, -0.2) is 45.0 Å². The van der Waals surface area contributed by atoms with Crippen molar-refractivity contribution in [3.05, 3.63) is 76.8 Å². The zero-order chi connectivity index (χ0) is 27.4. The Morgan fingerprint density at radius 2 is 1.85 bits per heavy atom. The molecule has 1 unspecified atom stereocenters. The van der Waals surface area contributed by atoms with E-state index in [2.05, 4.69) is 25.5 Å². The van der Waals surface area contributed by atoms with Crippen LogP contribution in [-0.2, 0) is 4.79 Å². The van der Waals surface area contributed by atoms with Crippen LogP contribution in [0.3, 0.4) is 0 Å². The van der Waals surface area contributed by atoms with Crippen molar-refractivity contribution in [1.29, 1.82) is 0 Å². The number of piperidine rings is 3. The number of rotatable bonds is 5. The summed E-state index contributed by atoms with van der Waals surface area (Å²) in [5.74, 6) is 0.440. The van der Waals surface area contributed by atoms with E-state index >= 15 is 4.39 Å². The maximum atomic E-state index is 15.6. The second-order valence-electron chi connectivity index (χ2n) is 10.8. The number of benzene rings is 3. The van der Waals surface area contributed by atoms with E-state index in [9.17, 15) is 9.59 Å². The van der Waals surface area contributed by atoms with Crippen molar-refractivity contribution in [2.75, 3.05) is 23.7 Å². The molecule has 1 amide bonds. The molecule has 3 saturated heterocycles. The monoisotopic (exact) mass is 536 g/mol. The van der Waals surface area contributed by atoms with Gasteiger partial charge in [-0.3, -0.25) is 14.5 Å². The van der Waals surface area contributed by atoms with Gasteiger partial charge >= 0.3 is 0 Å². The number of nitrogens with one attached hydrogen (secondary N) is 4. The predicted molar refractivity (Wildman–Crippen MR) is 156 cm³/mol. The Bertz CT molecular complexity index is 1800. The molecule has 2 bridgehead atoms. The summed E-state index contributed by atoms with van der Waals surface area (Å²) in [5, 5.41) is 7.17. The SMILES string of the molecule is CC(=O)Nc1cccc(-c2cc3c(NC4CC5CCN4CC5)c(-c4nc5ccccc5[nH]4)c(=O)[nH]c3cc2F)c1. The summed E-state index contributed by atoms with van der Waals surface area (Å²) in [7, 11) is 0. The number of H-pyrrole nitrogens is 2. The number of nitrogens with zero attached hydrogens (tertiary/aromatic N) is 2. The number of halogens is 1. The first-order valence-corrected chi connectivity index (χ1v) is 13.7. The van der Waals surface area contributed by atoms with E-state index in [0.29, 0.717) is 50.7 Å². The van der Waals surface area contributed by atoms with Gasteiger partial charge in [0.2, 0.25) is 5.91 Å². The summed E-state index contributed by atoms with van der Waals surface area (Å²) < 4.78 is 15.6. The van der Waals surface area contributed by atoms with E-state index in [4.69, 9.17) is 4.98 Å². The van der Waals surface area contributed by atoms with Crippen LogP contribution in [0.25, 0.3) is 44.5 Å². The van der Waals surface area contributed by atoms with Gasteiger partial charge in [-0.05, 0) is 67.1 Å². The molecule has 202 valence electrons. The average Bonchev–Trinajstić information content (AvgIpc) is 3.37. The largest absolute Gasteiger partial charge is 0.368 e. The van der Waals surface area contributed by atoms with Crippen LogP contribution in [0.15, 0.2) is 65.5 Å². The minimum atomic E-state index is -0.467. The second-order valence-corrected chi connectivity index (χ2v) is 10.8. The summed E-state index contributed by atoms with van der Waals surface area (Å²) in [4.78, 5) is 38.6. The summed E-state index contributed by atoms with van der Waals surface area (Å²) in [6.07, 6.45) is 3.42. The lowest BCUT2D eigenvalue weighted by Crippen LogP contribution is -2.52. The van der Waals surface area contributed by atoms with Crippen molar-refractivity contribution in [3.63, 3.8) is 0 Å². The lowest BCUT2D eigenvalue weighted by atomic mass is 9.86. The fourth-order valence-electron chi connectivity index (χ4n) is 6.23. The number of aromatic nitrogens is 3. The van der Waals surface area contributed by atoms with Gasteiger partial charge in [-0.15, -0.1) is 0 Å². The zero-order valence-electron chi connectivity index (χ0n) is 22.1. The number of aromatic amines is 2. The third-order valence-corrected chi connectivity index (χ3v) is 8.18. The molecule has 9 heteroatoms. The molecule has 40 heavy (non-hydrogen) atoms. The normalized spacial score (nSPS) is 20.2. The van der Waals surface area contributed by atoms with Crippen molar-refractivity contribution in [3.8, 4) is 22.5 Å². The molecule has 3 aromatic carbocycles. The Balaban J connectivity index is 1.44. The van der Waals surface area contributed by atoms with E-state index in [1.807, 2.05) is 24.3 Å². The average molecular weight is 537 g/mol. The van der Waals surface area contributed by atoms with Crippen LogP contribution >= 0.6 is 0 Å². The second kappa shape index (κ2) is 9.60. The fourth-order valence-corrected chi connectivity index (χ4v) is 6.23. The number of fused-ring (bicyclic) bond motifs is 5. The van der Waals surface area contributed by atoms with E-state index in [0.717, 1.165) is 30.5 Å². The molecular formula is C31H29FN6O2. The van der Waals surface area contributed by atoms with E-state index in [1.54, 1.807) is 30.3 Å². The molecule has 5 aromatic rings. The molecule has 3 fully saturated rings. The third-order valence-electron chi connectivity index (χ3n) is 8.18. The molecule has 5 heterocycles. The van der Waals surface area contributed by atoms with Gasteiger partial charge in [0.1, 0.15) is 17.2 Å².